The van der Waals surface area contributed by atoms with E-state index in [1.165, 1.54) is 0 Å². The number of ether oxygens (including phenoxy) is 1. The highest BCUT2D eigenvalue weighted by Crippen LogP contribution is 2.31. The van der Waals surface area contributed by atoms with Crippen LogP contribution in [0.5, 0.6) is 5.75 Å². The lowest BCUT2D eigenvalue weighted by atomic mass is 10.1. The second kappa shape index (κ2) is 5.11. The van der Waals surface area contributed by atoms with Crippen LogP contribution in [-0.2, 0) is 0 Å². The minimum atomic E-state index is 0.0167. The number of rotatable bonds is 4. The second-order valence-electron chi connectivity index (χ2n) is 4.21. The molecule has 0 aliphatic rings. The Morgan fingerprint density at radius 1 is 1.50 bits per heavy atom. The lowest BCUT2D eigenvalue weighted by Crippen LogP contribution is -2.18. The maximum absolute atomic E-state index is 8.58. The summed E-state index contributed by atoms with van der Waals surface area (Å²) in [5.74, 6) is 1.68. The Kier molecular flexibility index (Phi) is 3.54. The van der Waals surface area contributed by atoms with Gasteiger partial charge in [0, 0.05) is 10.9 Å². The van der Waals surface area contributed by atoms with Crippen molar-refractivity contribution in [2.45, 2.75) is 19.9 Å². The Morgan fingerprint density at radius 2 is 2.28 bits per heavy atom. The average Bonchev–Trinajstić information content (AvgIpc) is 2.73. The van der Waals surface area contributed by atoms with Gasteiger partial charge in [0.2, 0.25) is 0 Å². The van der Waals surface area contributed by atoms with Gasteiger partial charge in [0.05, 0.1) is 25.8 Å². The highest BCUT2D eigenvalue weighted by Gasteiger charge is 2.16. The van der Waals surface area contributed by atoms with Gasteiger partial charge in [-0.25, -0.2) is 0 Å². The minimum Gasteiger partial charge on any atom is -0.497 e. The van der Waals surface area contributed by atoms with Crippen LogP contribution in [0.4, 0.5) is 0 Å². The van der Waals surface area contributed by atoms with Crippen molar-refractivity contribution in [2.24, 2.45) is 0 Å². The maximum atomic E-state index is 8.58. The predicted molar refractivity (Wildman–Crippen MR) is 69.5 cm³/mol. The van der Waals surface area contributed by atoms with Gasteiger partial charge in [-0.15, -0.1) is 0 Å². The van der Waals surface area contributed by atoms with E-state index in [1.54, 1.807) is 7.11 Å². The number of hydrogen-bond acceptors (Lipinski definition) is 4. The van der Waals surface area contributed by atoms with Gasteiger partial charge in [-0.1, -0.05) is 0 Å². The maximum Gasteiger partial charge on any atom is 0.134 e. The van der Waals surface area contributed by atoms with Crippen LogP contribution in [0.15, 0.2) is 22.6 Å². The zero-order valence-corrected chi connectivity index (χ0v) is 10.8. The van der Waals surface area contributed by atoms with Crippen molar-refractivity contribution in [1.29, 1.82) is 5.26 Å². The number of aryl methyl sites for hydroxylation is 1. The van der Waals surface area contributed by atoms with Crippen LogP contribution in [0.1, 0.15) is 24.3 Å². The van der Waals surface area contributed by atoms with E-state index < -0.39 is 0 Å². The first-order valence-corrected chi connectivity index (χ1v) is 5.84. The van der Waals surface area contributed by atoms with Crippen molar-refractivity contribution in [2.75, 3.05) is 13.7 Å². The number of fused-ring (bicyclic) bond motifs is 1. The summed E-state index contributed by atoms with van der Waals surface area (Å²) in [5, 5.41) is 12.7. The van der Waals surface area contributed by atoms with E-state index in [0.717, 1.165) is 28.0 Å². The number of furan rings is 1. The Hall–Kier alpha value is -1.99. The van der Waals surface area contributed by atoms with Gasteiger partial charge in [-0.3, -0.25) is 5.32 Å². The molecule has 0 aliphatic heterocycles. The van der Waals surface area contributed by atoms with E-state index >= 15 is 0 Å². The third kappa shape index (κ3) is 2.18. The third-order valence-electron chi connectivity index (χ3n) is 3.06. The first kappa shape index (κ1) is 12.5. The Labute approximate surface area is 106 Å². The van der Waals surface area contributed by atoms with Gasteiger partial charge in [0.15, 0.2) is 0 Å². The molecule has 18 heavy (non-hydrogen) atoms. The van der Waals surface area contributed by atoms with Crippen molar-refractivity contribution in [3.05, 3.63) is 29.5 Å². The van der Waals surface area contributed by atoms with Crippen molar-refractivity contribution in [3.63, 3.8) is 0 Å². The Morgan fingerprint density at radius 3 is 2.94 bits per heavy atom. The van der Waals surface area contributed by atoms with E-state index in [4.69, 9.17) is 14.4 Å². The largest absolute Gasteiger partial charge is 0.497 e. The van der Waals surface area contributed by atoms with Crippen LogP contribution >= 0.6 is 0 Å². The summed E-state index contributed by atoms with van der Waals surface area (Å²) >= 11 is 0. The fraction of sp³-hybridized carbons (Fsp3) is 0.357. The Bertz CT molecular complexity index is 596. The van der Waals surface area contributed by atoms with Crippen molar-refractivity contribution < 1.29 is 9.15 Å². The zero-order chi connectivity index (χ0) is 13.1. The van der Waals surface area contributed by atoms with Crippen LogP contribution in [-0.4, -0.2) is 13.7 Å². The number of benzene rings is 1. The molecular formula is C14H16N2O2. The Balaban J connectivity index is 2.41. The third-order valence-corrected chi connectivity index (χ3v) is 3.06. The molecule has 4 heteroatoms. The molecule has 0 spiro atoms. The summed E-state index contributed by atoms with van der Waals surface area (Å²) in [4.78, 5) is 0. The van der Waals surface area contributed by atoms with Crippen molar-refractivity contribution in [3.8, 4) is 11.8 Å². The van der Waals surface area contributed by atoms with Crippen LogP contribution in [0.3, 0.4) is 0 Å². The van der Waals surface area contributed by atoms with Crippen LogP contribution < -0.4 is 10.1 Å². The molecule has 1 aromatic heterocycles. The summed E-state index contributed by atoms with van der Waals surface area (Å²) in [7, 11) is 1.65. The predicted octanol–water partition coefficient (Wildman–Crippen LogP) is 2.92. The molecule has 1 N–H and O–H groups in total. The number of methoxy groups -OCH3 is 1. The SMILES string of the molecule is COc1ccc2oc(C(C)NCC#N)c(C)c2c1. The van der Waals surface area contributed by atoms with Gasteiger partial charge in [0.25, 0.3) is 0 Å². The van der Waals surface area contributed by atoms with Gasteiger partial charge in [0.1, 0.15) is 17.1 Å². The van der Waals surface area contributed by atoms with Gasteiger partial charge >= 0.3 is 0 Å². The molecule has 1 heterocycles. The molecule has 0 radical (unpaired) electrons. The highest BCUT2D eigenvalue weighted by molar-refractivity contribution is 5.83. The number of nitriles is 1. The molecule has 0 aliphatic carbocycles. The molecule has 0 saturated carbocycles. The fourth-order valence-corrected chi connectivity index (χ4v) is 2.05. The highest BCUT2D eigenvalue weighted by atomic mass is 16.5. The van der Waals surface area contributed by atoms with E-state index in [9.17, 15) is 0 Å². The standard InChI is InChI=1S/C14H16N2O2/c1-9-12-8-11(17-3)4-5-13(12)18-14(9)10(2)16-7-6-15/h4-5,8,10,16H,7H2,1-3H3. The molecule has 4 nitrogen and oxygen atoms in total. The summed E-state index contributed by atoms with van der Waals surface area (Å²) < 4.78 is 11.0. The normalized spacial score (nSPS) is 12.3. The molecule has 1 atom stereocenters. The average molecular weight is 244 g/mol. The smallest absolute Gasteiger partial charge is 0.134 e. The molecule has 0 amide bonds. The topological polar surface area (TPSA) is 58.2 Å². The van der Waals surface area contributed by atoms with Gasteiger partial charge < -0.3 is 9.15 Å². The summed E-state index contributed by atoms with van der Waals surface area (Å²) in [6, 6.07) is 7.83. The molecule has 0 bridgehead atoms. The lowest BCUT2D eigenvalue weighted by Gasteiger charge is -2.08. The molecule has 1 unspecified atom stereocenters. The number of nitrogens with zero attached hydrogens (tertiary/aromatic N) is 1. The molecule has 94 valence electrons. The summed E-state index contributed by atoms with van der Waals surface area (Å²) in [6.07, 6.45) is 0. The number of nitrogens with one attached hydrogen (secondary N) is 1. The van der Waals surface area contributed by atoms with Crippen molar-refractivity contribution >= 4 is 11.0 Å². The molecule has 1 aromatic carbocycles. The summed E-state index contributed by atoms with van der Waals surface area (Å²) in [6.45, 7) is 4.31. The fourth-order valence-electron chi connectivity index (χ4n) is 2.05. The quantitative estimate of drug-likeness (QED) is 0.840. The first-order valence-electron chi connectivity index (χ1n) is 5.84. The lowest BCUT2D eigenvalue weighted by molar-refractivity contribution is 0.415. The van der Waals surface area contributed by atoms with Crippen LogP contribution in [0.25, 0.3) is 11.0 Å². The monoisotopic (exact) mass is 244 g/mol. The molecule has 0 fully saturated rings. The minimum absolute atomic E-state index is 0.0167. The molecule has 2 aromatic rings. The number of hydrogen-bond donors (Lipinski definition) is 1. The van der Waals surface area contributed by atoms with Crippen LogP contribution in [0, 0.1) is 18.3 Å². The second-order valence-corrected chi connectivity index (χ2v) is 4.21. The van der Waals surface area contributed by atoms with Gasteiger partial charge in [-0.05, 0) is 32.0 Å². The molecular weight excluding hydrogens is 228 g/mol. The van der Waals surface area contributed by atoms with Crippen molar-refractivity contribution in [1.82, 2.24) is 5.32 Å². The van der Waals surface area contributed by atoms with E-state index in [0.29, 0.717) is 6.54 Å². The van der Waals surface area contributed by atoms with E-state index in [1.807, 2.05) is 32.0 Å². The molecule has 0 saturated heterocycles. The van der Waals surface area contributed by atoms with Crippen LogP contribution in [0.2, 0.25) is 0 Å². The van der Waals surface area contributed by atoms with E-state index in [2.05, 4.69) is 11.4 Å². The summed E-state index contributed by atoms with van der Waals surface area (Å²) in [5.41, 5.74) is 1.93. The first-order chi connectivity index (χ1) is 8.67. The van der Waals surface area contributed by atoms with E-state index in [-0.39, 0.29) is 6.04 Å². The van der Waals surface area contributed by atoms with Gasteiger partial charge in [-0.2, -0.15) is 5.26 Å². The zero-order valence-electron chi connectivity index (χ0n) is 10.8. The molecule has 2 rings (SSSR count).